The van der Waals surface area contributed by atoms with E-state index in [9.17, 15) is 4.79 Å². The molecule has 3 rings (SSSR count). The first-order valence-electron chi connectivity index (χ1n) is 8.49. The van der Waals surface area contributed by atoms with E-state index in [0.29, 0.717) is 16.5 Å². The molecule has 25 heavy (non-hydrogen) atoms. The standard InChI is InChI=1S/C20H22ClNO3/c1-13(20(23)22-16-8-10-19(24-2)18(21)12-16)25-17-9-7-14-5-3-4-6-15(14)11-17/h7-13H,3-6H2,1-2H3,(H,22,23). The fraction of sp³-hybridized carbons (Fsp3) is 0.350. The smallest absolute Gasteiger partial charge is 0.265 e. The highest BCUT2D eigenvalue weighted by atomic mass is 35.5. The lowest BCUT2D eigenvalue weighted by atomic mass is 9.92. The number of anilines is 1. The van der Waals surface area contributed by atoms with Gasteiger partial charge in [0.2, 0.25) is 0 Å². The quantitative estimate of drug-likeness (QED) is 0.846. The van der Waals surface area contributed by atoms with Crippen LogP contribution in [0.2, 0.25) is 5.02 Å². The van der Waals surface area contributed by atoms with Gasteiger partial charge in [0.05, 0.1) is 12.1 Å². The van der Waals surface area contributed by atoms with Crippen molar-refractivity contribution < 1.29 is 14.3 Å². The number of ether oxygens (including phenoxy) is 2. The molecule has 0 bridgehead atoms. The Hall–Kier alpha value is -2.20. The van der Waals surface area contributed by atoms with Gasteiger partial charge in [0, 0.05) is 5.69 Å². The zero-order valence-electron chi connectivity index (χ0n) is 14.5. The van der Waals surface area contributed by atoms with E-state index in [4.69, 9.17) is 21.1 Å². The van der Waals surface area contributed by atoms with Gasteiger partial charge in [-0.05, 0) is 74.1 Å². The zero-order chi connectivity index (χ0) is 17.8. The minimum absolute atomic E-state index is 0.223. The second-order valence-corrected chi connectivity index (χ2v) is 6.64. The molecule has 1 unspecified atom stereocenters. The molecule has 2 aromatic rings. The van der Waals surface area contributed by atoms with Gasteiger partial charge in [-0.3, -0.25) is 4.79 Å². The first-order valence-corrected chi connectivity index (χ1v) is 8.87. The Morgan fingerprint density at radius 2 is 1.88 bits per heavy atom. The van der Waals surface area contributed by atoms with Gasteiger partial charge in [-0.25, -0.2) is 0 Å². The van der Waals surface area contributed by atoms with Crippen LogP contribution in [-0.4, -0.2) is 19.1 Å². The van der Waals surface area contributed by atoms with Crippen molar-refractivity contribution >= 4 is 23.2 Å². The molecule has 0 saturated carbocycles. The molecule has 0 aliphatic heterocycles. The second-order valence-electron chi connectivity index (χ2n) is 6.24. The molecule has 1 amide bonds. The molecule has 0 radical (unpaired) electrons. The van der Waals surface area contributed by atoms with E-state index in [0.717, 1.165) is 18.6 Å². The summed E-state index contributed by atoms with van der Waals surface area (Å²) in [7, 11) is 1.55. The molecule has 0 fully saturated rings. The Balaban J connectivity index is 1.63. The van der Waals surface area contributed by atoms with Crippen molar-refractivity contribution in [1.29, 1.82) is 0 Å². The number of carbonyl (C=O) groups excluding carboxylic acids is 1. The van der Waals surface area contributed by atoms with Crippen LogP contribution >= 0.6 is 11.6 Å². The number of methoxy groups -OCH3 is 1. The average Bonchev–Trinajstić information content (AvgIpc) is 2.61. The third-order valence-corrected chi connectivity index (χ3v) is 4.72. The molecule has 0 heterocycles. The Kier molecular flexibility index (Phi) is 5.49. The third kappa shape index (κ3) is 4.26. The Morgan fingerprint density at radius 1 is 1.12 bits per heavy atom. The summed E-state index contributed by atoms with van der Waals surface area (Å²) in [6, 6.07) is 11.2. The predicted molar refractivity (Wildman–Crippen MR) is 99.8 cm³/mol. The van der Waals surface area contributed by atoms with Crippen molar-refractivity contribution in [3.63, 3.8) is 0 Å². The topological polar surface area (TPSA) is 47.6 Å². The molecule has 1 aliphatic rings. The number of hydrogen-bond acceptors (Lipinski definition) is 3. The maximum Gasteiger partial charge on any atom is 0.265 e. The molecule has 1 atom stereocenters. The van der Waals surface area contributed by atoms with Crippen molar-refractivity contribution in [2.24, 2.45) is 0 Å². The van der Waals surface area contributed by atoms with Gasteiger partial charge < -0.3 is 14.8 Å². The monoisotopic (exact) mass is 359 g/mol. The van der Waals surface area contributed by atoms with E-state index in [1.54, 1.807) is 32.2 Å². The number of fused-ring (bicyclic) bond motifs is 1. The van der Waals surface area contributed by atoms with Crippen LogP contribution in [0.25, 0.3) is 0 Å². The van der Waals surface area contributed by atoms with E-state index >= 15 is 0 Å². The number of nitrogens with one attached hydrogen (secondary N) is 1. The summed E-state index contributed by atoms with van der Waals surface area (Å²) < 4.78 is 10.9. The minimum Gasteiger partial charge on any atom is -0.495 e. The maximum atomic E-state index is 12.4. The second kappa shape index (κ2) is 7.79. The van der Waals surface area contributed by atoms with Crippen LogP contribution in [0.15, 0.2) is 36.4 Å². The zero-order valence-corrected chi connectivity index (χ0v) is 15.2. The highest BCUT2D eigenvalue weighted by Gasteiger charge is 2.17. The largest absolute Gasteiger partial charge is 0.495 e. The van der Waals surface area contributed by atoms with Gasteiger partial charge in [-0.15, -0.1) is 0 Å². The molecule has 0 aromatic heterocycles. The van der Waals surface area contributed by atoms with Crippen molar-refractivity contribution in [3.8, 4) is 11.5 Å². The summed E-state index contributed by atoms with van der Waals surface area (Å²) in [6.45, 7) is 1.74. The molecule has 2 aromatic carbocycles. The summed E-state index contributed by atoms with van der Waals surface area (Å²) >= 11 is 6.08. The SMILES string of the molecule is COc1ccc(NC(=O)C(C)Oc2ccc3c(c2)CCCC3)cc1Cl. The lowest BCUT2D eigenvalue weighted by Gasteiger charge is -2.19. The van der Waals surface area contributed by atoms with E-state index in [1.807, 2.05) is 6.07 Å². The molecule has 1 aliphatic carbocycles. The van der Waals surface area contributed by atoms with Gasteiger partial charge in [0.15, 0.2) is 6.10 Å². The number of amides is 1. The maximum absolute atomic E-state index is 12.4. The van der Waals surface area contributed by atoms with Gasteiger partial charge >= 0.3 is 0 Å². The van der Waals surface area contributed by atoms with Gasteiger partial charge in [-0.2, -0.15) is 0 Å². The summed E-state index contributed by atoms with van der Waals surface area (Å²) in [5, 5.41) is 3.26. The number of halogens is 1. The summed E-state index contributed by atoms with van der Waals surface area (Å²) in [6.07, 6.45) is 4.06. The number of benzene rings is 2. The molecule has 0 saturated heterocycles. The van der Waals surface area contributed by atoms with Gasteiger partial charge in [0.25, 0.3) is 5.91 Å². The van der Waals surface area contributed by atoms with Crippen LogP contribution in [0, 0.1) is 0 Å². The van der Waals surface area contributed by atoms with E-state index in [1.165, 1.54) is 24.0 Å². The van der Waals surface area contributed by atoms with E-state index in [-0.39, 0.29) is 5.91 Å². The summed E-state index contributed by atoms with van der Waals surface area (Å²) in [5.74, 6) is 1.08. The first kappa shape index (κ1) is 17.6. The third-order valence-electron chi connectivity index (χ3n) is 4.42. The van der Waals surface area contributed by atoms with E-state index < -0.39 is 6.10 Å². The van der Waals surface area contributed by atoms with E-state index in [2.05, 4.69) is 17.4 Å². The first-order chi connectivity index (χ1) is 12.1. The normalized spacial score (nSPS) is 14.4. The van der Waals surface area contributed by atoms with Crippen molar-refractivity contribution in [3.05, 3.63) is 52.5 Å². The Bertz CT molecular complexity index is 776. The average molecular weight is 360 g/mol. The molecular formula is C20H22ClNO3. The van der Waals surface area contributed by atoms with Gasteiger partial charge in [0.1, 0.15) is 11.5 Å². The molecule has 5 heteroatoms. The highest BCUT2D eigenvalue weighted by Crippen LogP contribution is 2.28. The van der Waals surface area contributed by atoms with Crippen LogP contribution in [0.4, 0.5) is 5.69 Å². The van der Waals surface area contributed by atoms with Crippen LogP contribution in [0.3, 0.4) is 0 Å². The molecule has 4 nitrogen and oxygen atoms in total. The number of aryl methyl sites for hydroxylation is 2. The fourth-order valence-corrected chi connectivity index (χ4v) is 3.29. The van der Waals surface area contributed by atoms with Gasteiger partial charge in [-0.1, -0.05) is 17.7 Å². The Morgan fingerprint density at radius 3 is 2.60 bits per heavy atom. The number of carbonyl (C=O) groups is 1. The lowest BCUT2D eigenvalue weighted by molar-refractivity contribution is -0.122. The van der Waals surface area contributed by atoms with Crippen LogP contribution in [0.1, 0.15) is 30.9 Å². The lowest BCUT2D eigenvalue weighted by Crippen LogP contribution is -2.30. The van der Waals surface area contributed by atoms with Crippen LogP contribution in [0.5, 0.6) is 11.5 Å². The Labute approximate surface area is 153 Å². The van der Waals surface area contributed by atoms with Crippen LogP contribution in [-0.2, 0) is 17.6 Å². The summed E-state index contributed by atoms with van der Waals surface area (Å²) in [5.41, 5.74) is 3.33. The van der Waals surface area contributed by atoms with Crippen LogP contribution < -0.4 is 14.8 Å². The molecule has 1 N–H and O–H groups in total. The van der Waals surface area contributed by atoms with Crippen molar-refractivity contribution in [1.82, 2.24) is 0 Å². The number of hydrogen-bond donors (Lipinski definition) is 1. The highest BCUT2D eigenvalue weighted by molar-refractivity contribution is 6.32. The van der Waals surface area contributed by atoms with Crippen molar-refractivity contribution in [2.45, 2.75) is 38.7 Å². The molecule has 0 spiro atoms. The number of rotatable bonds is 5. The molecule has 132 valence electrons. The fourth-order valence-electron chi connectivity index (χ4n) is 3.03. The van der Waals surface area contributed by atoms with Crippen molar-refractivity contribution in [2.75, 3.05) is 12.4 Å². The predicted octanol–water partition coefficient (Wildman–Crippen LogP) is 4.63. The summed E-state index contributed by atoms with van der Waals surface area (Å²) in [4.78, 5) is 12.4. The minimum atomic E-state index is -0.609. The molecular weight excluding hydrogens is 338 g/mol.